The van der Waals surface area contributed by atoms with E-state index in [1.165, 1.54) is 6.42 Å². The van der Waals surface area contributed by atoms with Gasteiger partial charge in [0.05, 0.1) is 0 Å². The molecular formula is C22H33NO5. The molecule has 1 rings (SSSR count). The molecule has 28 heavy (non-hydrogen) atoms. The summed E-state index contributed by atoms with van der Waals surface area (Å²) in [4.78, 5) is 22.2. The smallest absolute Gasteiger partial charge is 0.303 e. The van der Waals surface area contributed by atoms with Crippen LogP contribution in [0.2, 0.25) is 0 Å². The number of benzene rings is 1. The van der Waals surface area contributed by atoms with E-state index < -0.39 is 5.97 Å². The molecule has 0 fully saturated rings. The maximum atomic E-state index is 11.8. The lowest BCUT2D eigenvalue weighted by molar-refractivity contribution is -0.137. The fourth-order valence-corrected chi connectivity index (χ4v) is 2.71. The number of aliphatic carboxylic acids is 1. The first-order valence-corrected chi connectivity index (χ1v) is 10.0. The Labute approximate surface area is 167 Å². The second kappa shape index (κ2) is 15.7. The van der Waals surface area contributed by atoms with Crippen molar-refractivity contribution in [2.75, 3.05) is 20.4 Å². The normalized spacial score (nSPS) is 10.9. The number of ether oxygens (including phenoxy) is 2. The summed E-state index contributed by atoms with van der Waals surface area (Å²) in [6, 6.07) is 7.44. The molecule has 0 saturated carbocycles. The van der Waals surface area contributed by atoms with Gasteiger partial charge in [-0.05, 0) is 36.6 Å². The van der Waals surface area contributed by atoms with Crippen molar-refractivity contribution in [3.63, 3.8) is 0 Å². The van der Waals surface area contributed by atoms with Crippen molar-refractivity contribution >= 4 is 18.0 Å². The Bertz CT molecular complexity index is 583. The maximum Gasteiger partial charge on any atom is 0.303 e. The van der Waals surface area contributed by atoms with E-state index in [0.717, 1.165) is 56.3 Å². The van der Waals surface area contributed by atoms with Gasteiger partial charge >= 0.3 is 5.97 Å². The fraction of sp³-hybridized carbons (Fsp3) is 0.545. The molecular weight excluding hydrogens is 358 g/mol. The SMILES string of the molecule is COCOc1ccc(/C=C/C(=O)NCCCCCCCCCCC(=O)O)cc1. The Hall–Kier alpha value is -2.34. The molecule has 0 spiro atoms. The Morgan fingerprint density at radius 2 is 1.57 bits per heavy atom. The van der Waals surface area contributed by atoms with Crippen molar-refractivity contribution in [2.45, 2.75) is 57.8 Å². The molecule has 1 aromatic carbocycles. The highest BCUT2D eigenvalue weighted by atomic mass is 16.7. The van der Waals surface area contributed by atoms with Crippen molar-refractivity contribution in [1.29, 1.82) is 0 Å². The number of amides is 1. The number of carbonyl (C=O) groups excluding carboxylic acids is 1. The van der Waals surface area contributed by atoms with Crippen LogP contribution in [-0.2, 0) is 14.3 Å². The fourth-order valence-electron chi connectivity index (χ4n) is 2.71. The van der Waals surface area contributed by atoms with Gasteiger partial charge in [0.25, 0.3) is 0 Å². The molecule has 2 N–H and O–H groups in total. The van der Waals surface area contributed by atoms with Crippen LogP contribution in [0.5, 0.6) is 5.75 Å². The van der Waals surface area contributed by atoms with Crippen LogP contribution < -0.4 is 10.1 Å². The summed E-state index contributed by atoms with van der Waals surface area (Å²) in [5, 5.41) is 11.5. The van der Waals surface area contributed by atoms with Crippen LogP contribution >= 0.6 is 0 Å². The third kappa shape index (κ3) is 12.9. The average molecular weight is 392 g/mol. The van der Waals surface area contributed by atoms with E-state index >= 15 is 0 Å². The molecule has 156 valence electrons. The van der Waals surface area contributed by atoms with Gasteiger partial charge in [-0.15, -0.1) is 0 Å². The Balaban J connectivity index is 2.01. The molecule has 6 nitrogen and oxygen atoms in total. The van der Waals surface area contributed by atoms with Crippen molar-refractivity contribution in [3.8, 4) is 5.75 Å². The van der Waals surface area contributed by atoms with Crippen LogP contribution in [0.4, 0.5) is 0 Å². The van der Waals surface area contributed by atoms with Gasteiger partial charge in [0, 0.05) is 26.2 Å². The minimum Gasteiger partial charge on any atom is -0.481 e. The van der Waals surface area contributed by atoms with Crippen LogP contribution in [0, 0.1) is 0 Å². The van der Waals surface area contributed by atoms with Crippen LogP contribution in [0.3, 0.4) is 0 Å². The first-order valence-electron chi connectivity index (χ1n) is 10.0. The number of carbonyl (C=O) groups is 2. The van der Waals surface area contributed by atoms with Crippen molar-refractivity contribution in [2.24, 2.45) is 0 Å². The predicted octanol–water partition coefficient (Wildman–Crippen LogP) is 4.39. The molecule has 0 heterocycles. The van der Waals surface area contributed by atoms with Gasteiger partial charge in [-0.2, -0.15) is 0 Å². The van der Waals surface area contributed by atoms with E-state index in [4.69, 9.17) is 14.6 Å². The lowest BCUT2D eigenvalue weighted by Crippen LogP contribution is -2.21. The van der Waals surface area contributed by atoms with Gasteiger partial charge in [0.15, 0.2) is 6.79 Å². The third-order valence-corrected chi connectivity index (χ3v) is 4.27. The summed E-state index contributed by atoms with van der Waals surface area (Å²) in [6.45, 7) is 0.899. The second-order valence-electron chi connectivity index (χ2n) is 6.72. The van der Waals surface area contributed by atoms with E-state index in [1.54, 1.807) is 19.3 Å². The first-order chi connectivity index (χ1) is 13.6. The molecule has 1 aromatic rings. The van der Waals surface area contributed by atoms with E-state index in [-0.39, 0.29) is 19.1 Å². The van der Waals surface area contributed by atoms with Crippen LogP contribution in [0.25, 0.3) is 6.08 Å². The second-order valence-corrected chi connectivity index (χ2v) is 6.72. The van der Waals surface area contributed by atoms with Crippen LogP contribution in [-0.4, -0.2) is 37.4 Å². The van der Waals surface area contributed by atoms with Gasteiger partial charge in [-0.25, -0.2) is 0 Å². The highest BCUT2D eigenvalue weighted by Crippen LogP contribution is 2.13. The zero-order chi connectivity index (χ0) is 20.5. The molecule has 0 atom stereocenters. The maximum absolute atomic E-state index is 11.8. The monoisotopic (exact) mass is 391 g/mol. The van der Waals surface area contributed by atoms with Gasteiger partial charge < -0.3 is 19.9 Å². The number of carboxylic acid groups (broad SMARTS) is 1. The minimum atomic E-state index is -0.706. The van der Waals surface area contributed by atoms with E-state index in [1.807, 2.05) is 24.3 Å². The number of carboxylic acids is 1. The zero-order valence-corrected chi connectivity index (χ0v) is 16.8. The molecule has 0 bridgehead atoms. The molecule has 0 aliphatic heterocycles. The molecule has 0 aliphatic carbocycles. The number of hydrogen-bond acceptors (Lipinski definition) is 4. The van der Waals surface area contributed by atoms with Crippen LogP contribution in [0.1, 0.15) is 63.4 Å². The topological polar surface area (TPSA) is 84.9 Å². The summed E-state index contributed by atoms with van der Waals surface area (Å²) in [5.74, 6) is -0.0656. The summed E-state index contributed by atoms with van der Waals surface area (Å²) >= 11 is 0. The molecule has 1 amide bonds. The number of methoxy groups -OCH3 is 1. The molecule has 0 radical (unpaired) electrons. The van der Waals surface area contributed by atoms with Gasteiger partial charge in [0.2, 0.25) is 5.91 Å². The lowest BCUT2D eigenvalue weighted by atomic mass is 10.1. The quantitative estimate of drug-likeness (QED) is 0.248. The largest absolute Gasteiger partial charge is 0.481 e. The summed E-state index contributed by atoms with van der Waals surface area (Å²) in [6.07, 6.45) is 12.0. The average Bonchev–Trinajstić information content (AvgIpc) is 2.69. The third-order valence-electron chi connectivity index (χ3n) is 4.27. The predicted molar refractivity (Wildman–Crippen MR) is 110 cm³/mol. The summed E-state index contributed by atoms with van der Waals surface area (Å²) < 4.78 is 10.2. The zero-order valence-electron chi connectivity index (χ0n) is 16.8. The first kappa shape index (κ1) is 23.7. The summed E-state index contributed by atoms with van der Waals surface area (Å²) in [7, 11) is 1.57. The molecule has 6 heteroatoms. The van der Waals surface area contributed by atoms with Gasteiger partial charge in [-0.1, -0.05) is 50.7 Å². The van der Waals surface area contributed by atoms with Crippen molar-refractivity contribution in [3.05, 3.63) is 35.9 Å². The van der Waals surface area contributed by atoms with Gasteiger partial charge in [0.1, 0.15) is 5.75 Å². The molecule has 0 aliphatic rings. The van der Waals surface area contributed by atoms with E-state index in [0.29, 0.717) is 6.54 Å². The highest BCUT2D eigenvalue weighted by molar-refractivity contribution is 5.91. The molecule has 0 unspecified atom stereocenters. The van der Waals surface area contributed by atoms with Crippen molar-refractivity contribution < 1.29 is 24.2 Å². The van der Waals surface area contributed by atoms with E-state index in [9.17, 15) is 9.59 Å². The van der Waals surface area contributed by atoms with Crippen LogP contribution in [0.15, 0.2) is 30.3 Å². The number of rotatable bonds is 16. The molecule has 0 saturated heterocycles. The van der Waals surface area contributed by atoms with E-state index in [2.05, 4.69) is 5.32 Å². The standard InChI is InChI=1S/C22H33NO5/c1-27-18-28-20-14-11-19(12-15-20)13-16-21(24)23-17-9-7-5-3-2-4-6-8-10-22(25)26/h11-16H,2-10,17-18H2,1H3,(H,23,24)(H,25,26)/b16-13+. The highest BCUT2D eigenvalue weighted by Gasteiger charge is 1.98. The number of unbranched alkanes of at least 4 members (excludes halogenated alkanes) is 7. The van der Waals surface area contributed by atoms with Crippen molar-refractivity contribution in [1.82, 2.24) is 5.32 Å². The lowest BCUT2D eigenvalue weighted by Gasteiger charge is -2.04. The Morgan fingerprint density at radius 3 is 2.18 bits per heavy atom. The number of nitrogens with one attached hydrogen (secondary N) is 1. The number of hydrogen-bond donors (Lipinski definition) is 2. The van der Waals surface area contributed by atoms with Gasteiger partial charge in [-0.3, -0.25) is 9.59 Å². The summed E-state index contributed by atoms with van der Waals surface area (Å²) in [5.41, 5.74) is 0.934. The minimum absolute atomic E-state index is 0.0851. The molecule has 0 aromatic heterocycles. The Morgan fingerprint density at radius 1 is 0.964 bits per heavy atom. The Kier molecular flexibility index (Phi) is 13.3.